The van der Waals surface area contributed by atoms with E-state index in [0.29, 0.717) is 22.6 Å². The van der Waals surface area contributed by atoms with Crippen molar-refractivity contribution in [1.82, 2.24) is 0 Å². The lowest BCUT2D eigenvalue weighted by molar-refractivity contribution is -0.137. The van der Waals surface area contributed by atoms with Crippen LogP contribution >= 0.6 is 0 Å². The third kappa shape index (κ3) is 2.81. The van der Waals surface area contributed by atoms with Crippen molar-refractivity contribution in [2.75, 3.05) is 0 Å². The average molecular weight is 269 g/mol. The molecule has 5 heteroatoms. The van der Waals surface area contributed by atoms with Crippen LogP contribution < -0.4 is 5.73 Å². The average Bonchev–Trinajstić information content (AvgIpc) is 2.66. The highest BCUT2D eigenvalue weighted by molar-refractivity contribution is 5.36. The van der Waals surface area contributed by atoms with Gasteiger partial charge >= 0.3 is 6.18 Å². The molecule has 0 spiro atoms. The zero-order valence-electron chi connectivity index (χ0n) is 10.6. The molecule has 2 N–H and O–H groups in total. The summed E-state index contributed by atoms with van der Waals surface area (Å²) in [6.45, 7) is 3.52. The molecular weight excluding hydrogens is 255 g/mol. The van der Waals surface area contributed by atoms with Crippen molar-refractivity contribution >= 4 is 0 Å². The number of nitrogens with two attached hydrogens (primary N) is 1. The Kier molecular flexibility index (Phi) is 3.41. The summed E-state index contributed by atoms with van der Waals surface area (Å²) in [5.41, 5.74) is 6.44. The maximum atomic E-state index is 12.7. The monoisotopic (exact) mass is 269 g/mol. The van der Waals surface area contributed by atoms with Crippen molar-refractivity contribution in [2.45, 2.75) is 26.1 Å². The van der Waals surface area contributed by atoms with E-state index in [1.165, 1.54) is 6.07 Å². The van der Waals surface area contributed by atoms with Crippen LogP contribution in [0.15, 0.2) is 34.7 Å². The van der Waals surface area contributed by atoms with Crippen molar-refractivity contribution < 1.29 is 17.6 Å². The van der Waals surface area contributed by atoms with Gasteiger partial charge in [0.1, 0.15) is 11.5 Å². The molecule has 0 saturated carbocycles. The fraction of sp³-hybridized carbons (Fsp3) is 0.286. The summed E-state index contributed by atoms with van der Waals surface area (Å²) in [5, 5.41) is 0. The summed E-state index contributed by atoms with van der Waals surface area (Å²) in [7, 11) is 0. The van der Waals surface area contributed by atoms with Crippen LogP contribution in [0.3, 0.4) is 0 Å². The number of benzene rings is 1. The van der Waals surface area contributed by atoms with Crippen molar-refractivity contribution in [3.8, 4) is 0 Å². The van der Waals surface area contributed by atoms with Crippen molar-refractivity contribution in [1.29, 1.82) is 0 Å². The summed E-state index contributed by atoms with van der Waals surface area (Å²) < 4.78 is 43.3. The van der Waals surface area contributed by atoms with Gasteiger partial charge in [0.05, 0.1) is 11.6 Å². The van der Waals surface area contributed by atoms with E-state index < -0.39 is 17.8 Å². The minimum Gasteiger partial charge on any atom is -0.466 e. The molecule has 1 heterocycles. The first-order valence-electron chi connectivity index (χ1n) is 5.78. The van der Waals surface area contributed by atoms with Gasteiger partial charge in [0.2, 0.25) is 0 Å². The number of hydrogen-bond acceptors (Lipinski definition) is 2. The predicted octanol–water partition coefficient (Wildman–Crippen LogP) is 3.96. The fourth-order valence-corrected chi connectivity index (χ4v) is 2.05. The molecule has 2 nitrogen and oxygen atoms in total. The fourth-order valence-electron chi connectivity index (χ4n) is 2.05. The van der Waals surface area contributed by atoms with Gasteiger partial charge in [0.15, 0.2) is 0 Å². The Morgan fingerprint density at radius 1 is 1.16 bits per heavy atom. The molecule has 0 amide bonds. The highest BCUT2D eigenvalue weighted by Gasteiger charge is 2.31. The molecule has 102 valence electrons. The predicted molar refractivity (Wildman–Crippen MR) is 65.7 cm³/mol. The zero-order valence-corrected chi connectivity index (χ0v) is 10.6. The van der Waals surface area contributed by atoms with E-state index in [2.05, 4.69) is 0 Å². The number of alkyl halides is 3. The minimum atomic E-state index is -4.36. The van der Waals surface area contributed by atoms with Crippen LogP contribution in [-0.4, -0.2) is 0 Å². The normalized spacial score (nSPS) is 13.6. The van der Waals surface area contributed by atoms with Crippen LogP contribution in [0.25, 0.3) is 0 Å². The zero-order chi connectivity index (χ0) is 14.2. The summed E-state index contributed by atoms with van der Waals surface area (Å²) >= 11 is 0. The van der Waals surface area contributed by atoms with Gasteiger partial charge in [0.25, 0.3) is 0 Å². The molecule has 0 aliphatic heterocycles. The second-order valence-corrected chi connectivity index (χ2v) is 4.47. The topological polar surface area (TPSA) is 39.2 Å². The van der Waals surface area contributed by atoms with Gasteiger partial charge in [-0.15, -0.1) is 0 Å². The number of furan rings is 1. The molecule has 0 aliphatic rings. The van der Waals surface area contributed by atoms with Gasteiger partial charge in [-0.2, -0.15) is 13.2 Å². The van der Waals surface area contributed by atoms with Gasteiger partial charge in [-0.3, -0.25) is 0 Å². The van der Waals surface area contributed by atoms with Crippen LogP contribution in [0, 0.1) is 13.8 Å². The second-order valence-electron chi connectivity index (χ2n) is 4.47. The Bertz CT molecular complexity index is 587. The van der Waals surface area contributed by atoms with Gasteiger partial charge in [-0.1, -0.05) is 12.1 Å². The number of aryl methyl sites for hydroxylation is 2. The summed E-state index contributed by atoms with van der Waals surface area (Å²) in [6, 6.07) is 6.18. The molecule has 2 rings (SSSR count). The maximum Gasteiger partial charge on any atom is 0.416 e. The van der Waals surface area contributed by atoms with Crippen LogP contribution in [0.5, 0.6) is 0 Å². The quantitative estimate of drug-likeness (QED) is 0.896. The molecule has 0 radical (unpaired) electrons. The first-order chi connectivity index (χ1) is 8.79. The van der Waals surface area contributed by atoms with Crippen LogP contribution in [0.4, 0.5) is 13.2 Å². The lowest BCUT2D eigenvalue weighted by Gasteiger charge is -2.14. The second kappa shape index (κ2) is 4.74. The lowest BCUT2D eigenvalue weighted by atomic mass is 9.98. The number of rotatable bonds is 2. The molecule has 0 aliphatic carbocycles. The molecule has 1 unspecified atom stereocenters. The largest absolute Gasteiger partial charge is 0.466 e. The molecule has 0 saturated heterocycles. The van der Waals surface area contributed by atoms with Crippen molar-refractivity contribution in [3.63, 3.8) is 0 Å². The minimum absolute atomic E-state index is 0.415. The van der Waals surface area contributed by atoms with Gasteiger partial charge < -0.3 is 10.2 Å². The molecular formula is C14H14F3NO. The van der Waals surface area contributed by atoms with Gasteiger partial charge in [-0.05, 0) is 37.6 Å². The SMILES string of the molecule is Cc1cc(C(N)c2cccc(C(F)(F)F)c2)c(C)o1. The van der Waals surface area contributed by atoms with E-state index in [4.69, 9.17) is 10.2 Å². The Balaban J connectivity index is 2.39. The Labute approximate surface area is 109 Å². The van der Waals surface area contributed by atoms with E-state index >= 15 is 0 Å². The van der Waals surface area contributed by atoms with E-state index in [-0.39, 0.29) is 0 Å². The van der Waals surface area contributed by atoms with Gasteiger partial charge in [-0.25, -0.2) is 0 Å². The molecule has 1 atom stereocenters. The summed E-state index contributed by atoms with van der Waals surface area (Å²) in [4.78, 5) is 0. The molecule has 0 bridgehead atoms. The standard InChI is InChI=1S/C14H14F3NO/c1-8-6-12(9(2)19-8)13(18)10-4-3-5-11(7-10)14(15,16)17/h3-7,13H,18H2,1-2H3. The van der Waals surface area contributed by atoms with E-state index in [1.807, 2.05) is 0 Å². The molecule has 1 aromatic carbocycles. The van der Waals surface area contributed by atoms with Crippen LogP contribution in [-0.2, 0) is 6.18 Å². The van der Waals surface area contributed by atoms with Crippen LogP contribution in [0.2, 0.25) is 0 Å². The van der Waals surface area contributed by atoms with E-state index in [0.717, 1.165) is 12.1 Å². The molecule has 19 heavy (non-hydrogen) atoms. The van der Waals surface area contributed by atoms with E-state index in [1.54, 1.807) is 26.0 Å². The highest BCUT2D eigenvalue weighted by Crippen LogP contribution is 2.32. The number of hydrogen-bond donors (Lipinski definition) is 1. The molecule has 1 aromatic heterocycles. The maximum absolute atomic E-state index is 12.7. The van der Waals surface area contributed by atoms with E-state index in [9.17, 15) is 13.2 Å². The first kappa shape index (κ1) is 13.7. The highest BCUT2D eigenvalue weighted by atomic mass is 19.4. The van der Waals surface area contributed by atoms with Crippen molar-refractivity contribution in [3.05, 3.63) is 58.5 Å². The Morgan fingerprint density at radius 2 is 1.84 bits per heavy atom. The van der Waals surface area contributed by atoms with Crippen LogP contribution in [0.1, 0.15) is 34.3 Å². The first-order valence-corrected chi connectivity index (χ1v) is 5.78. The number of halogens is 3. The third-order valence-corrected chi connectivity index (χ3v) is 2.99. The summed E-state index contributed by atoms with van der Waals surface area (Å²) in [6.07, 6.45) is -4.36. The Morgan fingerprint density at radius 3 is 2.37 bits per heavy atom. The van der Waals surface area contributed by atoms with Crippen molar-refractivity contribution in [2.24, 2.45) is 5.73 Å². The third-order valence-electron chi connectivity index (χ3n) is 2.99. The lowest BCUT2D eigenvalue weighted by Crippen LogP contribution is -2.14. The Hall–Kier alpha value is -1.75. The molecule has 2 aromatic rings. The smallest absolute Gasteiger partial charge is 0.416 e. The summed E-state index contributed by atoms with van der Waals surface area (Å²) in [5.74, 6) is 1.32. The molecule has 0 fully saturated rings. The van der Waals surface area contributed by atoms with Gasteiger partial charge in [0, 0.05) is 5.56 Å².